The summed E-state index contributed by atoms with van der Waals surface area (Å²) in [7, 11) is 3.12. The highest BCUT2D eigenvalue weighted by Gasteiger charge is 2.39. The first kappa shape index (κ1) is 19.8. The number of hydrogen-bond donors (Lipinski definition) is 1. The zero-order valence-corrected chi connectivity index (χ0v) is 17.1. The van der Waals surface area contributed by atoms with E-state index in [4.69, 9.17) is 23.7 Å². The van der Waals surface area contributed by atoms with Crippen LogP contribution in [0.25, 0.3) is 0 Å². The predicted molar refractivity (Wildman–Crippen MR) is 105 cm³/mol. The van der Waals surface area contributed by atoms with Crippen LogP contribution in [0.1, 0.15) is 21.3 Å². The van der Waals surface area contributed by atoms with Crippen molar-refractivity contribution >= 4 is 17.2 Å². The molecular formula is C20H23NO7S. The van der Waals surface area contributed by atoms with Crippen molar-refractivity contribution < 1.29 is 33.6 Å². The average molecular weight is 421 g/mol. The molecule has 1 aromatic heterocycles. The lowest BCUT2D eigenvalue weighted by molar-refractivity contribution is -0.0811. The fourth-order valence-corrected chi connectivity index (χ4v) is 4.57. The topological polar surface area (TPSA) is 86.7 Å². The quantitative estimate of drug-likeness (QED) is 0.791. The number of rotatable bonds is 5. The number of nitrogens with zero attached hydrogens (tertiary/aromatic N) is 1. The first-order valence-corrected chi connectivity index (χ1v) is 10.2. The number of fused-ring (bicyclic) bond motifs is 1. The highest BCUT2D eigenvalue weighted by Crippen LogP contribution is 2.42. The van der Waals surface area contributed by atoms with E-state index in [0.29, 0.717) is 54.2 Å². The predicted octanol–water partition coefficient (Wildman–Crippen LogP) is 2.11. The third kappa shape index (κ3) is 3.61. The summed E-state index contributed by atoms with van der Waals surface area (Å²) in [6.07, 6.45) is -0.557. The van der Waals surface area contributed by atoms with Gasteiger partial charge in [-0.05, 0) is 17.7 Å². The van der Waals surface area contributed by atoms with Crippen molar-refractivity contribution in [3.63, 3.8) is 0 Å². The fraction of sp³-hybridized carbons (Fsp3) is 0.450. The van der Waals surface area contributed by atoms with Gasteiger partial charge in [0.25, 0.3) is 5.91 Å². The molecule has 29 heavy (non-hydrogen) atoms. The van der Waals surface area contributed by atoms with Gasteiger partial charge in [0, 0.05) is 11.9 Å². The van der Waals surface area contributed by atoms with Gasteiger partial charge in [0.2, 0.25) is 0 Å². The normalized spacial score (nSPS) is 21.0. The second-order valence-electron chi connectivity index (χ2n) is 6.60. The van der Waals surface area contributed by atoms with Gasteiger partial charge < -0.3 is 33.7 Å². The Labute approximate surface area is 172 Å². The van der Waals surface area contributed by atoms with E-state index in [0.717, 1.165) is 5.56 Å². The Morgan fingerprint density at radius 2 is 2.00 bits per heavy atom. The van der Waals surface area contributed by atoms with Crippen molar-refractivity contribution in [2.24, 2.45) is 0 Å². The molecule has 0 radical (unpaired) electrons. The molecule has 0 bridgehead atoms. The van der Waals surface area contributed by atoms with E-state index in [2.05, 4.69) is 0 Å². The lowest BCUT2D eigenvalue weighted by Gasteiger charge is -2.41. The maximum atomic E-state index is 13.5. The van der Waals surface area contributed by atoms with E-state index in [1.165, 1.54) is 11.3 Å². The molecule has 4 rings (SSSR count). The Morgan fingerprint density at radius 3 is 2.76 bits per heavy atom. The van der Waals surface area contributed by atoms with E-state index in [-0.39, 0.29) is 12.5 Å². The number of amides is 1. The number of morpholine rings is 1. The van der Waals surface area contributed by atoms with Gasteiger partial charge in [0.1, 0.15) is 24.2 Å². The van der Waals surface area contributed by atoms with Crippen molar-refractivity contribution in [3.8, 4) is 23.0 Å². The molecule has 2 aliphatic heterocycles. The molecule has 0 unspecified atom stereocenters. The van der Waals surface area contributed by atoms with Crippen molar-refractivity contribution in [1.82, 2.24) is 4.90 Å². The number of ether oxygens (including phenoxy) is 5. The van der Waals surface area contributed by atoms with Crippen LogP contribution in [0.2, 0.25) is 0 Å². The number of carbonyl (C=O) groups is 1. The smallest absolute Gasteiger partial charge is 0.268 e. The molecule has 1 saturated heterocycles. The third-order valence-electron chi connectivity index (χ3n) is 5.04. The molecule has 2 aliphatic rings. The maximum Gasteiger partial charge on any atom is 0.268 e. The van der Waals surface area contributed by atoms with Gasteiger partial charge in [-0.2, -0.15) is 0 Å². The molecule has 1 fully saturated rings. The van der Waals surface area contributed by atoms with Crippen LogP contribution in [-0.4, -0.2) is 69.2 Å². The fourth-order valence-electron chi connectivity index (χ4n) is 3.69. The van der Waals surface area contributed by atoms with E-state index in [1.807, 2.05) is 12.1 Å². The molecule has 0 saturated carbocycles. The highest BCUT2D eigenvalue weighted by atomic mass is 32.1. The summed E-state index contributed by atoms with van der Waals surface area (Å²) in [5.41, 5.74) is 0.789. The molecule has 2 aromatic rings. The van der Waals surface area contributed by atoms with Gasteiger partial charge in [0.05, 0.1) is 33.5 Å². The number of methoxy groups -OCH3 is 2. The zero-order chi connectivity index (χ0) is 20.4. The molecule has 1 aromatic carbocycles. The average Bonchev–Trinajstić information content (AvgIpc) is 3.21. The van der Waals surface area contributed by atoms with Crippen molar-refractivity contribution in [2.45, 2.75) is 12.1 Å². The summed E-state index contributed by atoms with van der Waals surface area (Å²) in [6.45, 7) is 1.39. The lowest BCUT2D eigenvalue weighted by Crippen LogP contribution is -2.49. The van der Waals surface area contributed by atoms with E-state index in [9.17, 15) is 9.90 Å². The molecule has 8 nitrogen and oxygen atoms in total. The van der Waals surface area contributed by atoms with E-state index < -0.39 is 12.1 Å². The first-order chi connectivity index (χ1) is 14.2. The Bertz CT molecular complexity index is 884. The summed E-state index contributed by atoms with van der Waals surface area (Å²) < 4.78 is 27.8. The van der Waals surface area contributed by atoms with Gasteiger partial charge in [-0.25, -0.2) is 0 Å². The Hall–Kier alpha value is -2.49. The molecule has 156 valence electrons. The monoisotopic (exact) mass is 421 g/mol. The van der Waals surface area contributed by atoms with Crippen molar-refractivity contribution in [3.05, 3.63) is 34.0 Å². The molecule has 1 N–H and O–H groups in total. The summed E-state index contributed by atoms with van der Waals surface area (Å²) in [6, 6.07) is 4.96. The van der Waals surface area contributed by atoms with Crippen LogP contribution in [0.4, 0.5) is 0 Å². The Kier molecular flexibility index (Phi) is 5.79. The van der Waals surface area contributed by atoms with Crippen LogP contribution in [0.3, 0.4) is 0 Å². The number of aliphatic hydroxyl groups excluding tert-OH is 1. The van der Waals surface area contributed by atoms with Crippen LogP contribution in [0.5, 0.6) is 23.0 Å². The van der Waals surface area contributed by atoms with Crippen molar-refractivity contribution in [1.29, 1.82) is 0 Å². The van der Waals surface area contributed by atoms with Crippen molar-refractivity contribution in [2.75, 3.05) is 47.2 Å². The van der Waals surface area contributed by atoms with Crippen LogP contribution in [-0.2, 0) is 4.74 Å². The minimum Gasteiger partial charge on any atom is -0.493 e. The second kappa shape index (κ2) is 8.48. The largest absolute Gasteiger partial charge is 0.493 e. The molecule has 0 aliphatic carbocycles. The van der Waals surface area contributed by atoms with Crippen LogP contribution in [0, 0.1) is 0 Å². The van der Waals surface area contributed by atoms with Gasteiger partial charge in [-0.15, -0.1) is 11.3 Å². The van der Waals surface area contributed by atoms with Gasteiger partial charge in [-0.3, -0.25) is 4.79 Å². The summed E-state index contributed by atoms with van der Waals surface area (Å²) in [5.74, 6) is 2.04. The molecule has 3 heterocycles. The number of benzene rings is 1. The summed E-state index contributed by atoms with van der Waals surface area (Å²) in [4.78, 5) is 15.7. The number of hydrogen-bond acceptors (Lipinski definition) is 8. The molecular weight excluding hydrogens is 398 g/mol. The molecule has 2 atom stereocenters. The maximum absolute atomic E-state index is 13.5. The SMILES string of the molecule is COc1ccc([C@@H]2[C@@H](CO)OCCN2C(=O)c2scc3c2OCCO3)cc1OC. The van der Waals surface area contributed by atoms with E-state index >= 15 is 0 Å². The molecule has 1 amide bonds. The second-order valence-corrected chi connectivity index (χ2v) is 7.48. The highest BCUT2D eigenvalue weighted by molar-refractivity contribution is 7.12. The van der Waals surface area contributed by atoms with Crippen LogP contribution in [0.15, 0.2) is 23.6 Å². The van der Waals surface area contributed by atoms with Gasteiger partial charge in [0.15, 0.2) is 23.0 Å². The number of aliphatic hydroxyl groups is 1. The standard InChI is InChI=1S/C20H23NO7S/c1-24-13-4-3-12(9-14(13)25-2)17-15(10-22)26-6-5-21(17)20(23)19-18-16(11-29-19)27-7-8-28-18/h3-4,9,11,15,17,22H,5-8,10H2,1-2H3/t15-,17-/m1/s1. The number of thiophene rings is 1. The minimum atomic E-state index is -0.557. The first-order valence-electron chi connectivity index (χ1n) is 9.30. The molecule has 0 spiro atoms. The Balaban J connectivity index is 1.71. The zero-order valence-electron chi connectivity index (χ0n) is 16.3. The number of carbonyl (C=O) groups excluding carboxylic acids is 1. The lowest BCUT2D eigenvalue weighted by atomic mass is 9.97. The minimum absolute atomic E-state index is 0.178. The van der Waals surface area contributed by atoms with Gasteiger partial charge in [-0.1, -0.05) is 6.07 Å². The van der Waals surface area contributed by atoms with Crippen LogP contribution < -0.4 is 18.9 Å². The third-order valence-corrected chi connectivity index (χ3v) is 5.97. The summed E-state index contributed by atoms with van der Waals surface area (Å²) in [5, 5.41) is 11.7. The molecule has 9 heteroatoms. The summed E-state index contributed by atoms with van der Waals surface area (Å²) >= 11 is 1.30. The van der Waals surface area contributed by atoms with Crippen LogP contribution >= 0.6 is 11.3 Å². The van der Waals surface area contributed by atoms with E-state index in [1.54, 1.807) is 30.6 Å². The Morgan fingerprint density at radius 1 is 1.21 bits per heavy atom. The van der Waals surface area contributed by atoms with Gasteiger partial charge >= 0.3 is 0 Å².